The van der Waals surface area contributed by atoms with Crippen LogP contribution in [0.3, 0.4) is 0 Å². The molecule has 2 aliphatic heterocycles. The first-order valence-electron chi connectivity index (χ1n) is 8.65. The standard InChI is InChI=1S/C18H27N3O2.2ClH/c19-18(8-13-23-14-9-18)17(22)20-16-5-3-15(4-6-16)7-12-21-10-1-2-11-21;;/h3-6H,1-2,7-14,19H2,(H,20,22);2*1H. The lowest BCUT2D eigenvalue weighted by molar-refractivity contribution is -0.124. The minimum absolute atomic E-state index is 0. The maximum absolute atomic E-state index is 12.4. The van der Waals surface area contributed by atoms with Crippen molar-refractivity contribution in [2.24, 2.45) is 5.73 Å². The fraction of sp³-hybridized carbons (Fsp3) is 0.611. The number of rotatable bonds is 5. The summed E-state index contributed by atoms with van der Waals surface area (Å²) in [7, 11) is 0. The number of nitrogens with one attached hydrogen (secondary N) is 1. The van der Waals surface area contributed by atoms with Crippen molar-refractivity contribution in [3.8, 4) is 0 Å². The van der Waals surface area contributed by atoms with Gasteiger partial charge in [-0.2, -0.15) is 0 Å². The second-order valence-corrected chi connectivity index (χ2v) is 6.72. The molecule has 2 heterocycles. The first kappa shape index (κ1) is 22.2. The first-order chi connectivity index (χ1) is 11.2. The third-order valence-electron chi connectivity index (χ3n) is 4.96. The number of carbonyl (C=O) groups is 1. The molecule has 0 aliphatic carbocycles. The Balaban J connectivity index is 0.00000156. The molecule has 0 unspecified atom stereocenters. The van der Waals surface area contributed by atoms with Crippen molar-refractivity contribution < 1.29 is 9.53 Å². The van der Waals surface area contributed by atoms with Crippen LogP contribution < -0.4 is 11.1 Å². The van der Waals surface area contributed by atoms with Gasteiger partial charge in [0.05, 0.1) is 0 Å². The minimum atomic E-state index is -0.799. The van der Waals surface area contributed by atoms with Crippen LogP contribution in [0.5, 0.6) is 0 Å². The molecule has 3 N–H and O–H groups in total. The molecule has 7 heteroatoms. The van der Waals surface area contributed by atoms with E-state index >= 15 is 0 Å². The Kier molecular flexibility index (Phi) is 9.17. The molecule has 3 rings (SSSR count). The van der Waals surface area contributed by atoms with Crippen LogP contribution in [0, 0.1) is 0 Å². The molecule has 1 aromatic rings. The third kappa shape index (κ3) is 6.12. The molecule has 2 fully saturated rings. The lowest BCUT2D eigenvalue weighted by Crippen LogP contribution is -2.54. The van der Waals surface area contributed by atoms with Gasteiger partial charge in [-0.1, -0.05) is 12.1 Å². The molecule has 142 valence electrons. The van der Waals surface area contributed by atoms with E-state index in [0.717, 1.165) is 18.7 Å². The van der Waals surface area contributed by atoms with Gasteiger partial charge < -0.3 is 20.7 Å². The quantitative estimate of drug-likeness (QED) is 0.811. The molecule has 0 spiro atoms. The summed E-state index contributed by atoms with van der Waals surface area (Å²) in [5.74, 6) is -0.106. The Morgan fingerprint density at radius 2 is 1.72 bits per heavy atom. The molecular weight excluding hydrogens is 361 g/mol. The second kappa shape index (κ2) is 10.3. The summed E-state index contributed by atoms with van der Waals surface area (Å²) in [5.41, 5.74) is 7.53. The number of hydrogen-bond donors (Lipinski definition) is 2. The van der Waals surface area contributed by atoms with Gasteiger partial charge in [-0.15, -0.1) is 24.8 Å². The van der Waals surface area contributed by atoms with E-state index in [1.807, 2.05) is 12.1 Å². The van der Waals surface area contributed by atoms with Crippen LogP contribution in [0.25, 0.3) is 0 Å². The Bertz CT molecular complexity index is 528. The van der Waals surface area contributed by atoms with Crippen LogP contribution in [0.4, 0.5) is 5.69 Å². The zero-order valence-electron chi connectivity index (χ0n) is 14.5. The average Bonchev–Trinajstić information content (AvgIpc) is 3.08. The van der Waals surface area contributed by atoms with Gasteiger partial charge >= 0.3 is 0 Å². The number of hydrogen-bond acceptors (Lipinski definition) is 4. The van der Waals surface area contributed by atoms with Gasteiger partial charge in [0.1, 0.15) is 5.54 Å². The van der Waals surface area contributed by atoms with E-state index in [-0.39, 0.29) is 30.7 Å². The summed E-state index contributed by atoms with van der Waals surface area (Å²) in [6.45, 7) is 4.70. The van der Waals surface area contributed by atoms with Crippen molar-refractivity contribution in [2.45, 2.75) is 37.6 Å². The van der Waals surface area contributed by atoms with Gasteiger partial charge in [-0.25, -0.2) is 0 Å². The summed E-state index contributed by atoms with van der Waals surface area (Å²) in [6.07, 6.45) is 4.87. The van der Waals surface area contributed by atoms with Gasteiger partial charge in [0.15, 0.2) is 0 Å². The van der Waals surface area contributed by atoms with E-state index in [9.17, 15) is 4.79 Å². The maximum atomic E-state index is 12.4. The highest BCUT2D eigenvalue weighted by Gasteiger charge is 2.35. The Hall–Kier alpha value is -0.850. The van der Waals surface area contributed by atoms with Crippen molar-refractivity contribution in [1.29, 1.82) is 0 Å². The smallest absolute Gasteiger partial charge is 0.244 e. The zero-order valence-corrected chi connectivity index (χ0v) is 16.2. The van der Waals surface area contributed by atoms with Crippen molar-refractivity contribution in [1.82, 2.24) is 4.90 Å². The highest BCUT2D eigenvalue weighted by Crippen LogP contribution is 2.20. The number of benzene rings is 1. The summed E-state index contributed by atoms with van der Waals surface area (Å²) in [4.78, 5) is 14.9. The van der Waals surface area contributed by atoms with Gasteiger partial charge in [0, 0.05) is 25.4 Å². The van der Waals surface area contributed by atoms with Crippen molar-refractivity contribution in [3.63, 3.8) is 0 Å². The number of ether oxygens (including phenoxy) is 1. The topological polar surface area (TPSA) is 67.6 Å². The van der Waals surface area contributed by atoms with E-state index in [1.54, 1.807) is 0 Å². The fourth-order valence-electron chi connectivity index (χ4n) is 3.27. The van der Waals surface area contributed by atoms with Gasteiger partial charge in [0.25, 0.3) is 0 Å². The summed E-state index contributed by atoms with van der Waals surface area (Å²) in [5, 5.41) is 2.95. The van der Waals surface area contributed by atoms with Crippen LogP contribution in [0.1, 0.15) is 31.2 Å². The van der Waals surface area contributed by atoms with E-state index in [0.29, 0.717) is 26.1 Å². The van der Waals surface area contributed by atoms with E-state index < -0.39 is 5.54 Å². The SMILES string of the molecule is Cl.Cl.NC1(C(=O)Nc2ccc(CCN3CCCC3)cc2)CCOCC1. The van der Waals surface area contributed by atoms with Gasteiger partial charge in [-0.3, -0.25) is 4.79 Å². The Morgan fingerprint density at radius 1 is 1.12 bits per heavy atom. The molecule has 0 atom stereocenters. The normalized spacial score (nSPS) is 19.6. The predicted octanol–water partition coefficient (Wildman–Crippen LogP) is 2.61. The predicted molar refractivity (Wildman–Crippen MR) is 106 cm³/mol. The van der Waals surface area contributed by atoms with Crippen LogP contribution in [-0.2, 0) is 16.0 Å². The van der Waals surface area contributed by atoms with Crippen molar-refractivity contribution >= 4 is 36.4 Å². The molecule has 5 nitrogen and oxygen atoms in total. The van der Waals surface area contributed by atoms with E-state index in [2.05, 4.69) is 22.3 Å². The molecule has 0 radical (unpaired) electrons. The molecule has 25 heavy (non-hydrogen) atoms. The third-order valence-corrected chi connectivity index (χ3v) is 4.96. The molecule has 1 aromatic carbocycles. The molecule has 2 aliphatic rings. The summed E-state index contributed by atoms with van der Waals surface area (Å²) >= 11 is 0. The monoisotopic (exact) mass is 389 g/mol. The molecule has 2 saturated heterocycles. The largest absolute Gasteiger partial charge is 0.381 e. The molecule has 0 bridgehead atoms. The highest BCUT2D eigenvalue weighted by atomic mass is 35.5. The van der Waals surface area contributed by atoms with Crippen LogP contribution in [0.2, 0.25) is 0 Å². The fourth-order valence-corrected chi connectivity index (χ4v) is 3.27. The van der Waals surface area contributed by atoms with Crippen LogP contribution in [0.15, 0.2) is 24.3 Å². The highest BCUT2D eigenvalue weighted by molar-refractivity contribution is 5.98. The number of anilines is 1. The summed E-state index contributed by atoms with van der Waals surface area (Å²) in [6, 6.07) is 8.14. The second-order valence-electron chi connectivity index (χ2n) is 6.72. The Labute approximate surface area is 162 Å². The zero-order chi connectivity index (χ0) is 16.1. The number of nitrogens with two attached hydrogens (primary N) is 1. The van der Waals surface area contributed by atoms with Crippen molar-refractivity contribution in [2.75, 3.05) is 38.2 Å². The molecule has 0 aromatic heterocycles. The number of amides is 1. The Morgan fingerprint density at radius 3 is 2.32 bits per heavy atom. The summed E-state index contributed by atoms with van der Waals surface area (Å²) < 4.78 is 5.29. The first-order valence-corrected chi connectivity index (χ1v) is 8.65. The number of carbonyl (C=O) groups excluding carboxylic acids is 1. The molecular formula is C18H29Cl2N3O2. The average molecular weight is 390 g/mol. The number of nitrogens with zero attached hydrogens (tertiary/aromatic N) is 1. The van der Waals surface area contributed by atoms with E-state index in [4.69, 9.17) is 10.5 Å². The van der Waals surface area contributed by atoms with Crippen LogP contribution >= 0.6 is 24.8 Å². The number of likely N-dealkylation sites (tertiary alicyclic amines) is 1. The minimum Gasteiger partial charge on any atom is -0.381 e. The van der Waals surface area contributed by atoms with Crippen LogP contribution in [-0.4, -0.2) is 49.2 Å². The van der Waals surface area contributed by atoms with Gasteiger partial charge in [-0.05, 0) is 62.9 Å². The van der Waals surface area contributed by atoms with Gasteiger partial charge in [0.2, 0.25) is 5.91 Å². The maximum Gasteiger partial charge on any atom is 0.244 e. The molecule has 1 amide bonds. The van der Waals surface area contributed by atoms with Crippen molar-refractivity contribution in [3.05, 3.63) is 29.8 Å². The molecule has 0 saturated carbocycles. The van der Waals surface area contributed by atoms with E-state index in [1.165, 1.54) is 31.5 Å². The number of halogens is 2. The lowest BCUT2D eigenvalue weighted by Gasteiger charge is -2.31. The lowest BCUT2D eigenvalue weighted by atomic mass is 9.90.